The third kappa shape index (κ3) is 6.23. The van der Waals surface area contributed by atoms with Gasteiger partial charge in [-0.25, -0.2) is 0 Å². The Morgan fingerprint density at radius 3 is 2.47 bits per heavy atom. The van der Waals surface area contributed by atoms with Crippen LogP contribution in [0.2, 0.25) is 0 Å². The van der Waals surface area contributed by atoms with Gasteiger partial charge in [0.15, 0.2) is 0 Å². The summed E-state index contributed by atoms with van der Waals surface area (Å²) < 4.78 is 0. The van der Waals surface area contributed by atoms with Crippen LogP contribution in [-0.4, -0.2) is 43.8 Å². The van der Waals surface area contributed by atoms with Crippen molar-refractivity contribution in [2.45, 2.75) is 26.7 Å². The average molecular weight is 214 g/mol. The first-order valence-electron chi connectivity index (χ1n) is 5.43. The van der Waals surface area contributed by atoms with Crippen molar-refractivity contribution in [3.05, 3.63) is 0 Å². The van der Waals surface area contributed by atoms with Crippen molar-refractivity contribution in [2.24, 2.45) is 5.92 Å². The topological polar surface area (TPSA) is 49.4 Å². The van der Waals surface area contributed by atoms with Crippen LogP contribution in [0.25, 0.3) is 0 Å². The van der Waals surface area contributed by atoms with Crippen LogP contribution in [0.5, 0.6) is 0 Å². The Balaban J connectivity index is 3.78. The molecule has 0 saturated heterocycles. The van der Waals surface area contributed by atoms with Gasteiger partial charge in [-0.1, -0.05) is 13.8 Å². The number of hydrogen-bond acceptors (Lipinski definition) is 3. The smallest absolute Gasteiger partial charge is 0.221 e. The van der Waals surface area contributed by atoms with Crippen molar-refractivity contribution in [2.75, 3.05) is 27.2 Å². The van der Waals surface area contributed by atoms with Crippen molar-refractivity contribution < 1.29 is 9.59 Å². The van der Waals surface area contributed by atoms with Gasteiger partial charge < -0.3 is 5.32 Å². The Bertz CT molecular complexity index is 217. The Kier molecular flexibility index (Phi) is 6.96. The molecule has 0 aliphatic heterocycles. The van der Waals surface area contributed by atoms with Gasteiger partial charge in [0.05, 0.1) is 6.54 Å². The molecule has 0 aliphatic rings. The number of carbonyl (C=O) groups is 2. The average Bonchev–Trinajstić information content (AvgIpc) is 2.24. The standard InChI is InChI=1S/C11H22N2O2/c1-5-9(2)10(14)8-13(4)7-6-11(15)12-3/h9H,5-8H2,1-4H3,(H,12,15). The molecule has 0 heterocycles. The van der Waals surface area contributed by atoms with E-state index in [1.165, 1.54) is 0 Å². The second-order valence-corrected chi connectivity index (χ2v) is 3.94. The molecule has 0 aliphatic carbocycles. The number of ketones is 1. The molecular weight excluding hydrogens is 192 g/mol. The second-order valence-electron chi connectivity index (χ2n) is 3.94. The number of nitrogens with zero attached hydrogens (tertiary/aromatic N) is 1. The lowest BCUT2D eigenvalue weighted by Crippen LogP contribution is -2.32. The molecule has 0 radical (unpaired) electrons. The lowest BCUT2D eigenvalue weighted by atomic mass is 10.0. The van der Waals surface area contributed by atoms with Gasteiger partial charge in [-0.3, -0.25) is 14.5 Å². The van der Waals surface area contributed by atoms with E-state index in [9.17, 15) is 9.59 Å². The van der Waals surface area contributed by atoms with Crippen LogP contribution in [0.15, 0.2) is 0 Å². The van der Waals surface area contributed by atoms with Crippen molar-refractivity contribution in [3.63, 3.8) is 0 Å². The highest BCUT2D eigenvalue weighted by atomic mass is 16.1. The first kappa shape index (κ1) is 14.1. The number of Topliss-reactive ketones (excluding diaryl/α,β-unsaturated/α-hetero) is 1. The minimum absolute atomic E-state index is 0.0119. The van der Waals surface area contributed by atoms with E-state index in [0.717, 1.165) is 6.42 Å². The number of likely N-dealkylation sites (N-methyl/N-ethyl adjacent to an activating group) is 1. The van der Waals surface area contributed by atoms with Crippen molar-refractivity contribution in [1.82, 2.24) is 10.2 Å². The lowest BCUT2D eigenvalue weighted by Gasteiger charge is -2.17. The zero-order chi connectivity index (χ0) is 11.8. The van der Waals surface area contributed by atoms with Crippen LogP contribution in [0.3, 0.4) is 0 Å². The molecular formula is C11H22N2O2. The lowest BCUT2D eigenvalue weighted by molar-refractivity contribution is -0.124. The van der Waals surface area contributed by atoms with Crippen LogP contribution < -0.4 is 5.32 Å². The molecule has 1 atom stereocenters. The van der Waals surface area contributed by atoms with Crippen molar-refractivity contribution in [1.29, 1.82) is 0 Å². The first-order chi connectivity index (χ1) is 7.01. The quantitative estimate of drug-likeness (QED) is 0.677. The maximum absolute atomic E-state index is 11.6. The fraction of sp³-hybridized carbons (Fsp3) is 0.818. The fourth-order valence-electron chi connectivity index (χ4n) is 1.15. The van der Waals surface area contributed by atoms with Crippen LogP contribution in [0.4, 0.5) is 0 Å². The monoisotopic (exact) mass is 214 g/mol. The SMILES string of the molecule is CCC(C)C(=O)CN(C)CCC(=O)NC. The molecule has 1 N–H and O–H groups in total. The molecule has 88 valence electrons. The summed E-state index contributed by atoms with van der Waals surface area (Å²) in [7, 11) is 3.48. The Morgan fingerprint density at radius 1 is 1.40 bits per heavy atom. The van der Waals surface area contributed by atoms with Gasteiger partial charge in [0.2, 0.25) is 5.91 Å². The van der Waals surface area contributed by atoms with Gasteiger partial charge in [0, 0.05) is 25.9 Å². The highest BCUT2D eigenvalue weighted by Crippen LogP contribution is 2.03. The van der Waals surface area contributed by atoms with Gasteiger partial charge in [0.1, 0.15) is 5.78 Å². The molecule has 0 fully saturated rings. The van der Waals surface area contributed by atoms with Crippen LogP contribution in [-0.2, 0) is 9.59 Å². The van der Waals surface area contributed by atoms with E-state index in [0.29, 0.717) is 19.5 Å². The summed E-state index contributed by atoms with van der Waals surface area (Å²) >= 11 is 0. The normalized spacial score (nSPS) is 12.6. The van der Waals surface area contributed by atoms with Gasteiger partial charge in [-0.15, -0.1) is 0 Å². The van der Waals surface area contributed by atoms with Gasteiger partial charge in [-0.2, -0.15) is 0 Å². The van der Waals surface area contributed by atoms with Gasteiger partial charge in [0.25, 0.3) is 0 Å². The molecule has 0 aromatic carbocycles. The Morgan fingerprint density at radius 2 is 2.00 bits per heavy atom. The number of nitrogens with one attached hydrogen (secondary N) is 1. The minimum Gasteiger partial charge on any atom is -0.359 e. The summed E-state index contributed by atoms with van der Waals surface area (Å²) in [5.41, 5.74) is 0. The van der Waals surface area contributed by atoms with Crippen LogP contribution in [0.1, 0.15) is 26.7 Å². The molecule has 0 aromatic rings. The zero-order valence-corrected chi connectivity index (χ0v) is 10.2. The molecule has 4 nitrogen and oxygen atoms in total. The molecule has 0 rings (SSSR count). The Hall–Kier alpha value is -0.900. The molecule has 1 amide bonds. The predicted octanol–water partition coefficient (Wildman–Crippen LogP) is 0.670. The summed E-state index contributed by atoms with van der Waals surface area (Å²) in [6.45, 7) is 5.01. The van der Waals surface area contributed by atoms with E-state index in [4.69, 9.17) is 0 Å². The summed E-state index contributed by atoms with van der Waals surface area (Å²) in [5, 5.41) is 2.56. The molecule has 0 saturated carbocycles. The van der Waals surface area contributed by atoms with Gasteiger partial charge in [-0.05, 0) is 13.5 Å². The highest BCUT2D eigenvalue weighted by Gasteiger charge is 2.13. The summed E-state index contributed by atoms with van der Waals surface area (Å²) in [6, 6.07) is 0. The van der Waals surface area contributed by atoms with Gasteiger partial charge >= 0.3 is 0 Å². The summed E-state index contributed by atoms with van der Waals surface area (Å²) in [6.07, 6.45) is 1.32. The highest BCUT2D eigenvalue weighted by molar-refractivity contribution is 5.82. The van der Waals surface area contributed by atoms with E-state index in [2.05, 4.69) is 5.32 Å². The van der Waals surface area contributed by atoms with Crippen LogP contribution in [0, 0.1) is 5.92 Å². The Labute approximate surface area is 92.0 Å². The molecule has 0 bridgehead atoms. The third-order valence-corrected chi connectivity index (χ3v) is 2.59. The zero-order valence-electron chi connectivity index (χ0n) is 10.2. The number of rotatable bonds is 7. The number of hydrogen-bond donors (Lipinski definition) is 1. The van der Waals surface area contributed by atoms with E-state index in [1.54, 1.807) is 7.05 Å². The molecule has 15 heavy (non-hydrogen) atoms. The maximum Gasteiger partial charge on any atom is 0.221 e. The van der Waals surface area contributed by atoms with E-state index < -0.39 is 0 Å². The summed E-state index contributed by atoms with van der Waals surface area (Å²) in [5.74, 6) is 0.377. The third-order valence-electron chi connectivity index (χ3n) is 2.59. The van der Waals surface area contributed by atoms with E-state index in [-0.39, 0.29) is 17.6 Å². The molecule has 0 spiro atoms. The first-order valence-corrected chi connectivity index (χ1v) is 5.43. The van der Waals surface area contributed by atoms with Crippen molar-refractivity contribution in [3.8, 4) is 0 Å². The fourth-order valence-corrected chi connectivity index (χ4v) is 1.15. The van der Waals surface area contributed by atoms with Crippen molar-refractivity contribution >= 4 is 11.7 Å². The summed E-state index contributed by atoms with van der Waals surface area (Å²) in [4.78, 5) is 24.4. The number of amides is 1. The minimum atomic E-state index is 0.0119. The van der Waals surface area contributed by atoms with Crippen LogP contribution >= 0.6 is 0 Å². The molecule has 1 unspecified atom stereocenters. The predicted molar refractivity (Wildman–Crippen MR) is 60.6 cm³/mol. The molecule has 0 aromatic heterocycles. The second kappa shape index (κ2) is 7.40. The van der Waals surface area contributed by atoms with E-state index >= 15 is 0 Å². The maximum atomic E-state index is 11.6. The van der Waals surface area contributed by atoms with E-state index in [1.807, 2.05) is 25.8 Å². The largest absolute Gasteiger partial charge is 0.359 e. The molecule has 4 heteroatoms. The number of carbonyl (C=O) groups excluding carboxylic acids is 2.